The molecule has 1 aliphatic carbocycles. The van der Waals surface area contributed by atoms with Gasteiger partial charge in [-0.05, 0) is 45.1 Å². The van der Waals surface area contributed by atoms with Gasteiger partial charge in [-0.15, -0.1) is 0 Å². The normalized spacial score (nSPS) is 30.2. The van der Waals surface area contributed by atoms with E-state index in [1.54, 1.807) is 0 Å². The lowest BCUT2D eigenvalue weighted by molar-refractivity contribution is 0.0466. The van der Waals surface area contributed by atoms with Gasteiger partial charge in [-0.2, -0.15) is 4.98 Å². The molecule has 0 N–H and O–H groups in total. The van der Waals surface area contributed by atoms with Gasteiger partial charge < -0.3 is 4.52 Å². The number of rotatable bonds is 2. The van der Waals surface area contributed by atoms with Crippen LogP contribution in [0.3, 0.4) is 0 Å². The van der Waals surface area contributed by atoms with Crippen LogP contribution in [0.2, 0.25) is 0 Å². The first-order chi connectivity index (χ1) is 8.33. The van der Waals surface area contributed by atoms with Gasteiger partial charge in [0.05, 0.1) is 6.54 Å². The summed E-state index contributed by atoms with van der Waals surface area (Å²) in [6.45, 7) is 3.93. The molecule has 0 amide bonds. The molecule has 2 atom stereocenters. The molecule has 17 heavy (non-hydrogen) atoms. The zero-order valence-corrected chi connectivity index (χ0v) is 10.6. The summed E-state index contributed by atoms with van der Waals surface area (Å²) in [6.07, 6.45) is 8.34. The second kappa shape index (κ2) is 4.77. The van der Waals surface area contributed by atoms with E-state index in [-0.39, 0.29) is 0 Å². The summed E-state index contributed by atoms with van der Waals surface area (Å²) in [4.78, 5) is 6.89. The number of aryl methyl sites for hydroxylation is 1. The topological polar surface area (TPSA) is 42.2 Å². The highest BCUT2D eigenvalue weighted by atomic mass is 16.5. The average Bonchev–Trinajstić information content (AvgIpc) is 2.75. The fraction of sp³-hybridized carbons (Fsp3) is 0.846. The van der Waals surface area contributed by atoms with E-state index in [0.29, 0.717) is 0 Å². The number of aromatic nitrogens is 2. The molecule has 1 saturated carbocycles. The molecule has 2 fully saturated rings. The fourth-order valence-electron chi connectivity index (χ4n) is 3.50. The predicted molar refractivity (Wildman–Crippen MR) is 64.4 cm³/mol. The van der Waals surface area contributed by atoms with Gasteiger partial charge in [0.1, 0.15) is 0 Å². The van der Waals surface area contributed by atoms with Crippen LogP contribution in [0.5, 0.6) is 0 Å². The van der Waals surface area contributed by atoms with E-state index >= 15 is 0 Å². The van der Waals surface area contributed by atoms with Crippen LogP contribution in [0, 0.1) is 12.8 Å². The standard InChI is InChI=1S/C13H21N3O/c1-10-14-13(17-15-10)9-16-8-4-6-11-5-2-3-7-12(11)16/h11-12H,2-9H2,1H3. The minimum atomic E-state index is 0.747. The summed E-state index contributed by atoms with van der Waals surface area (Å²) in [5, 5.41) is 3.87. The maximum absolute atomic E-state index is 5.24. The quantitative estimate of drug-likeness (QED) is 0.790. The van der Waals surface area contributed by atoms with Crippen molar-refractivity contribution >= 4 is 0 Å². The van der Waals surface area contributed by atoms with Crippen molar-refractivity contribution in [3.05, 3.63) is 11.7 Å². The Balaban J connectivity index is 1.68. The minimum Gasteiger partial charge on any atom is -0.338 e. The molecular weight excluding hydrogens is 214 g/mol. The summed E-state index contributed by atoms with van der Waals surface area (Å²) in [5.74, 6) is 2.45. The van der Waals surface area contributed by atoms with Crippen molar-refractivity contribution in [1.82, 2.24) is 15.0 Å². The monoisotopic (exact) mass is 235 g/mol. The van der Waals surface area contributed by atoms with Crippen LogP contribution >= 0.6 is 0 Å². The second-order valence-electron chi connectivity index (χ2n) is 5.46. The van der Waals surface area contributed by atoms with Crippen molar-refractivity contribution in [1.29, 1.82) is 0 Å². The lowest BCUT2D eigenvalue weighted by Gasteiger charge is -2.43. The Morgan fingerprint density at radius 3 is 2.88 bits per heavy atom. The minimum absolute atomic E-state index is 0.747. The maximum Gasteiger partial charge on any atom is 0.240 e. The van der Waals surface area contributed by atoms with Gasteiger partial charge in [0, 0.05) is 6.04 Å². The molecule has 94 valence electrons. The molecule has 2 heterocycles. The molecule has 1 aliphatic heterocycles. The van der Waals surface area contributed by atoms with Crippen LogP contribution in [0.25, 0.3) is 0 Å². The van der Waals surface area contributed by atoms with Gasteiger partial charge in [0.2, 0.25) is 5.89 Å². The molecule has 0 bridgehead atoms. The van der Waals surface area contributed by atoms with Crippen molar-refractivity contribution in [3.63, 3.8) is 0 Å². The molecule has 1 aromatic rings. The molecule has 1 aromatic heterocycles. The van der Waals surface area contributed by atoms with Crippen molar-refractivity contribution in [2.24, 2.45) is 5.92 Å². The number of hydrogen-bond acceptors (Lipinski definition) is 4. The Hall–Kier alpha value is -0.900. The first-order valence-corrected chi connectivity index (χ1v) is 6.86. The Kier molecular flexibility index (Phi) is 3.14. The lowest BCUT2D eigenvalue weighted by Crippen LogP contribution is -2.46. The van der Waals surface area contributed by atoms with Gasteiger partial charge in [-0.25, -0.2) is 0 Å². The Morgan fingerprint density at radius 2 is 2.06 bits per heavy atom. The van der Waals surface area contributed by atoms with Gasteiger partial charge in [-0.3, -0.25) is 4.90 Å². The van der Waals surface area contributed by atoms with Gasteiger partial charge in [0.15, 0.2) is 5.82 Å². The molecule has 2 unspecified atom stereocenters. The van der Waals surface area contributed by atoms with Crippen molar-refractivity contribution in [3.8, 4) is 0 Å². The highest BCUT2D eigenvalue weighted by Gasteiger charge is 2.33. The Labute approximate surface area is 102 Å². The average molecular weight is 235 g/mol. The summed E-state index contributed by atoms with van der Waals surface area (Å²) in [5.41, 5.74) is 0. The molecule has 4 nitrogen and oxygen atoms in total. The third kappa shape index (κ3) is 2.37. The van der Waals surface area contributed by atoms with E-state index in [1.807, 2.05) is 6.92 Å². The molecule has 2 aliphatic rings. The maximum atomic E-state index is 5.24. The lowest BCUT2D eigenvalue weighted by atomic mass is 9.78. The van der Waals surface area contributed by atoms with Crippen LogP contribution < -0.4 is 0 Å². The molecular formula is C13H21N3O. The van der Waals surface area contributed by atoms with Gasteiger partial charge >= 0.3 is 0 Å². The zero-order chi connectivity index (χ0) is 11.7. The number of likely N-dealkylation sites (tertiary alicyclic amines) is 1. The predicted octanol–water partition coefficient (Wildman–Crippen LogP) is 2.53. The Morgan fingerprint density at radius 1 is 1.24 bits per heavy atom. The SMILES string of the molecule is Cc1noc(CN2CCCC3CCCCC32)n1. The van der Waals surface area contributed by atoms with Crippen LogP contribution in [0.4, 0.5) is 0 Å². The van der Waals surface area contributed by atoms with Crippen LogP contribution in [-0.4, -0.2) is 27.6 Å². The van der Waals surface area contributed by atoms with E-state index in [0.717, 1.165) is 30.2 Å². The smallest absolute Gasteiger partial charge is 0.240 e. The van der Waals surface area contributed by atoms with Gasteiger partial charge in [0.25, 0.3) is 0 Å². The first-order valence-electron chi connectivity index (χ1n) is 6.86. The van der Waals surface area contributed by atoms with E-state index in [1.165, 1.54) is 45.1 Å². The van der Waals surface area contributed by atoms with E-state index in [4.69, 9.17) is 4.52 Å². The molecule has 0 aromatic carbocycles. The summed E-state index contributed by atoms with van der Waals surface area (Å²) in [7, 11) is 0. The molecule has 3 rings (SSSR count). The summed E-state index contributed by atoms with van der Waals surface area (Å²) >= 11 is 0. The van der Waals surface area contributed by atoms with Gasteiger partial charge in [-0.1, -0.05) is 18.0 Å². The highest BCUT2D eigenvalue weighted by Crippen LogP contribution is 2.35. The van der Waals surface area contributed by atoms with Crippen LogP contribution in [0.15, 0.2) is 4.52 Å². The summed E-state index contributed by atoms with van der Waals surface area (Å²) in [6, 6.07) is 0.768. The fourth-order valence-corrected chi connectivity index (χ4v) is 3.50. The second-order valence-corrected chi connectivity index (χ2v) is 5.46. The third-order valence-electron chi connectivity index (χ3n) is 4.27. The number of fused-ring (bicyclic) bond motifs is 1. The Bertz CT molecular complexity index is 374. The van der Waals surface area contributed by atoms with Crippen molar-refractivity contribution in [2.75, 3.05) is 6.54 Å². The van der Waals surface area contributed by atoms with Crippen LogP contribution in [-0.2, 0) is 6.54 Å². The van der Waals surface area contributed by atoms with E-state index in [9.17, 15) is 0 Å². The first kappa shape index (κ1) is 11.2. The van der Waals surface area contributed by atoms with E-state index < -0.39 is 0 Å². The van der Waals surface area contributed by atoms with Crippen LogP contribution in [0.1, 0.15) is 50.2 Å². The summed E-state index contributed by atoms with van der Waals surface area (Å²) < 4.78 is 5.24. The van der Waals surface area contributed by atoms with E-state index in [2.05, 4.69) is 15.0 Å². The van der Waals surface area contributed by atoms with Crippen molar-refractivity contribution in [2.45, 2.75) is 58.0 Å². The number of nitrogens with zero attached hydrogens (tertiary/aromatic N) is 3. The molecule has 0 spiro atoms. The zero-order valence-electron chi connectivity index (χ0n) is 10.6. The number of hydrogen-bond donors (Lipinski definition) is 0. The molecule has 1 saturated heterocycles. The highest BCUT2D eigenvalue weighted by molar-refractivity contribution is 4.90. The molecule has 4 heteroatoms. The largest absolute Gasteiger partial charge is 0.338 e. The molecule has 0 radical (unpaired) electrons. The third-order valence-corrected chi connectivity index (χ3v) is 4.27. The number of piperidine rings is 1. The van der Waals surface area contributed by atoms with Crippen molar-refractivity contribution < 1.29 is 4.52 Å².